The number of piperidine rings is 1. The molecule has 0 saturated carbocycles. The summed E-state index contributed by atoms with van der Waals surface area (Å²) in [5.41, 5.74) is 2.43. The molecular formula is C16H22N4S. The summed E-state index contributed by atoms with van der Waals surface area (Å²) in [6, 6.07) is 8.40. The van der Waals surface area contributed by atoms with Gasteiger partial charge in [0.05, 0.1) is 0 Å². The fraction of sp³-hybridized carbons (Fsp3) is 0.438. The second-order valence-corrected chi connectivity index (χ2v) is 6.04. The molecule has 4 nitrogen and oxygen atoms in total. The van der Waals surface area contributed by atoms with Crippen LogP contribution in [0.4, 0.5) is 0 Å². The standard InChI is InChI=1S/C16H22N4S/c21-16(19-10-12-3-2-7-17-9-12)20-11-13-4-1-5-15-14(13)6-8-18-15/h1,4-6,8,12,17-18H,2-3,7,9-11H2,(H2,19,20,21). The number of rotatable bonds is 4. The van der Waals surface area contributed by atoms with E-state index in [4.69, 9.17) is 12.2 Å². The largest absolute Gasteiger partial charge is 0.362 e. The van der Waals surface area contributed by atoms with Gasteiger partial charge >= 0.3 is 0 Å². The molecule has 0 bridgehead atoms. The van der Waals surface area contributed by atoms with Crippen LogP contribution >= 0.6 is 12.2 Å². The second-order valence-electron chi connectivity index (χ2n) is 5.63. The fourth-order valence-electron chi connectivity index (χ4n) is 2.88. The van der Waals surface area contributed by atoms with E-state index >= 15 is 0 Å². The number of fused-ring (bicyclic) bond motifs is 1. The van der Waals surface area contributed by atoms with Gasteiger partial charge in [-0.25, -0.2) is 0 Å². The predicted molar refractivity (Wildman–Crippen MR) is 91.3 cm³/mol. The Morgan fingerprint density at radius 1 is 1.29 bits per heavy atom. The van der Waals surface area contributed by atoms with Crippen LogP contribution in [-0.4, -0.2) is 29.7 Å². The summed E-state index contributed by atoms with van der Waals surface area (Å²) in [7, 11) is 0. The van der Waals surface area contributed by atoms with E-state index in [2.05, 4.69) is 45.2 Å². The second kappa shape index (κ2) is 6.91. The minimum Gasteiger partial charge on any atom is -0.362 e. The van der Waals surface area contributed by atoms with E-state index in [1.54, 1.807) is 0 Å². The monoisotopic (exact) mass is 302 g/mol. The number of aromatic amines is 1. The maximum absolute atomic E-state index is 5.37. The number of aromatic nitrogens is 1. The topological polar surface area (TPSA) is 51.9 Å². The Bertz CT molecular complexity index is 601. The van der Waals surface area contributed by atoms with E-state index in [9.17, 15) is 0 Å². The molecule has 1 aliphatic rings. The van der Waals surface area contributed by atoms with Crippen molar-refractivity contribution in [1.82, 2.24) is 20.9 Å². The molecule has 0 amide bonds. The molecule has 1 aliphatic heterocycles. The Morgan fingerprint density at radius 3 is 3.10 bits per heavy atom. The first-order chi connectivity index (χ1) is 10.3. The predicted octanol–water partition coefficient (Wildman–Crippen LogP) is 2.13. The molecule has 0 spiro atoms. The highest BCUT2D eigenvalue weighted by Crippen LogP contribution is 2.16. The molecule has 2 heterocycles. The van der Waals surface area contributed by atoms with Crippen LogP contribution < -0.4 is 16.0 Å². The van der Waals surface area contributed by atoms with Crippen LogP contribution in [0.15, 0.2) is 30.5 Å². The van der Waals surface area contributed by atoms with Gasteiger partial charge in [0, 0.05) is 30.2 Å². The third-order valence-electron chi connectivity index (χ3n) is 4.07. The molecule has 4 N–H and O–H groups in total. The minimum absolute atomic E-state index is 0.687. The van der Waals surface area contributed by atoms with E-state index in [-0.39, 0.29) is 0 Å². The van der Waals surface area contributed by atoms with E-state index in [0.29, 0.717) is 5.92 Å². The van der Waals surface area contributed by atoms with Gasteiger partial charge in [-0.3, -0.25) is 0 Å². The van der Waals surface area contributed by atoms with Gasteiger partial charge in [0.25, 0.3) is 0 Å². The van der Waals surface area contributed by atoms with Crippen LogP contribution in [0.3, 0.4) is 0 Å². The molecule has 21 heavy (non-hydrogen) atoms. The number of benzene rings is 1. The zero-order chi connectivity index (χ0) is 14.5. The highest BCUT2D eigenvalue weighted by Gasteiger charge is 2.12. The molecule has 1 aromatic heterocycles. The van der Waals surface area contributed by atoms with Crippen LogP contribution in [0.25, 0.3) is 10.9 Å². The number of H-pyrrole nitrogens is 1. The molecule has 2 aromatic rings. The molecule has 5 heteroatoms. The summed E-state index contributed by atoms with van der Waals surface area (Å²) >= 11 is 5.37. The number of nitrogens with one attached hydrogen (secondary N) is 4. The van der Waals surface area contributed by atoms with Crippen molar-refractivity contribution in [2.75, 3.05) is 19.6 Å². The quantitative estimate of drug-likeness (QED) is 0.654. The first-order valence-electron chi connectivity index (χ1n) is 7.60. The van der Waals surface area contributed by atoms with Crippen molar-refractivity contribution in [2.24, 2.45) is 5.92 Å². The van der Waals surface area contributed by atoms with Crippen LogP contribution in [0.5, 0.6) is 0 Å². The van der Waals surface area contributed by atoms with Crippen molar-refractivity contribution >= 4 is 28.2 Å². The maximum atomic E-state index is 5.37. The smallest absolute Gasteiger partial charge is 0.166 e. The molecule has 1 fully saturated rings. The number of hydrogen-bond donors (Lipinski definition) is 4. The summed E-state index contributed by atoms with van der Waals surface area (Å²) in [6.07, 6.45) is 4.52. The number of thiocarbonyl (C=S) groups is 1. The highest BCUT2D eigenvalue weighted by atomic mass is 32.1. The van der Waals surface area contributed by atoms with Gasteiger partial charge in [-0.1, -0.05) is 12.1 Å². The van der Waals surface area contributed by atoms with Gasteiger partial charge in [0.1, 0.15) is 0 Å². The van der Waals surface area contributed by atoms with Crippen LogP contribution in [0.2, 0.25) is 0 Å². The summed E-state index contributed by atoms with van der Waals surface area (Å²) in [5.74, 6) is 0.687. The summed E-state index contributed by atoms with van der Waals surface area (Å²) < 4.78 is 0. The molecule has 1 unspecified atom stereocenters. The summed E-state index contributed by atoms with van der Waals surface area (Å²) in [4.78, 5) is 3.23. The van der Waals surface area contributed by atoms with Gasteiger partial charge in [-0.05, 0) is 61.8 Å². The van der Waals surface area contributed by atoms with Crippen LogP contribution in [0, 0.1) is 5.92 Å². The lowest BCUT2D eigenvalue weighted by Crippen LogP contribution is -2.41. The lowest BCUT2D eigenvalue weighted by molar-refractivity contribution is 0.375. The summed E-state index contributed by atoms with van der Waals surface area (Å²) in [5, 5.41) is 12.1. The first kappa shape index (κ1) is 14.4. The third-order valence-corrected chi connectivity index (χ3v) is 4.36. The van der Waals surface area contributed by atoms with Gasteiger partial charge < -0.3 is 20.9 Å². The van der Waals surface area contributed by atoms with E-state index < -0.39 is 0 Å². The van der Waals surface area contributed by atoms with Gasteiger partial charge in [0.15, 0.2) is 5.11 Å². The van der Waals surface area contributed by atoms with Crippen molar-refractivity contribution in [3.05, 3.63) is 36.0 Å². The van der Waals surface area contributed by atoms with Crippen molar-refractivity contribution in [3.63, 3.8) is 0 Å². The molecule has 1 saturated heterocycles. The van der Waals surface area contributed by atoms with Crippen LogP contribution in [0.1, 0.15) is 18.4 Å². The zero-order valence-electron chi connectivity index (χ0n) is 12.1. The van der Waals surface area contributed by atoms with Crippen LogP contribution in [-0.2, 0) is 6.54 Å². The maximum Gasteiger partial charge on any atom is 0.166 e. The van der Waals surface area contributed by atoms with E-state index in [0.717, 1.165) is 31.3 Å². The van der Waals surface area contributed by atoms with Crippen molar-refractivity contribution in [1.29, 1.82) is 0 Å². The Labute approximate surface area is 130 Å². The Balaban J connectivity index is 1.48. The molecule has 112 valence electrons. The Kier molecular flexibility index (Phi) is 4.72. The molecule has 3 rings (SSSR count). The van der Waals surface area contributed by atoms with Gasteiger partial charge in [-0.15, -0.1) is 0 Å². The van der Waals surface area contributed by atoms with Crippen molar-refractivity contribution in [3.8, 4) is 0 Å². The average molecular weight is 302 g/mol. The Morgan fingerprint density at radius 2 is 2.24 bits per heavy atom. The molecule has 0 radical (unpaired) electrons. The third kappa shape index (κ3) is 3.74. The lowest BCUT2D eigenvalue weighted by atomic mass is 10.00. The molecule has 1 atom stereocenters. The summed E-state index contributed by atoms with van der Waals surface area (Å²) in [6.45, 7) is 3.95. The minimum atomic E-state index is 0.687. The SMILES string of the molecule is S=C(NCc1cccc2[nH]ccc12)NCC1CCCNC1. The zero-order valence-corrected chi connectivity index (χ0v) is 12.9. The first-order valence-corrected chi connectivity index (χ1v) is 8.01. The highest BCUT2D eigenvalue weighted by molar-refractivity contribution is 7.80. The Hall–Kier alpha value is -1.59. The van der Waals surface area contributed by atoms with Gasteiger partial charge in [0.2, 0.25) is 0 Å². The molecule has 0 aliphatic carbocycles. The number of hydrogen-bond acceptors (Lipinski definition) is 2. The van der Waals surface area contributed by atoms with E-state index in [1.165, 1.54) is 29.3 Å². The molecule has 1 aromatic carbocycles. The van der Waals surface area contributed by atoms with Crippen molar-refractivity contribution < 1.29 is 0 Å². The molecular weight excluding hydrogens is 280 g/mol. The lowest BCUT2D eigenvalue weighted by Gasteiger charge is -2.23. The average Bonchev–Trinajstić information content (AvgIpc) is 3.01. The van der Waals surface area contributed by atoms with Gasteiger partial charge in [-0.2, -0.15) is 0 Å². The van der Waals surface area contributed by atoms with E-state index in [1.807, 2.05) is 6.20 Å². The van der Waals surface area contributed by atoms with Crippen molar-refractivity contribution in [2.45, 2.75) is 19.4 Å². The normalized spacial score (nSPS) is 18.6. The fourth-order valence-corrected chi connectivity index (χ4v) is 3.03.